The van der Waals surface area contributed by atoms with Crippen molar-refractivity contribution in [3.05, 3.63) is 21.4 Å². The molecule has 1 saturated heterocycles. The molecule has 4 nitrogen and oxygen atoms in total. The van der Waals surface area contributed by atoms with Gasteiger partial charge in [0.2, 0.25) is 0 Å². The first-order valence-electron chi connectivity index (χ1n) is 7.28. The zero-order chi connectivity index (χ0) is 14.1. The maximum atomic E-state index is 12.6. The van der Waals surface area contributed by atoms with E-state index in [-0.39, 0.29) is 5.91 Å². The third-order valence-corrected chi connectivity index (χ3v) is 5.44. The lowest BCUT2D eigenvalue weighted by Gasteiger charge is -2.31. The van der Waals surface area contributed by atoms with E-state index in [2.05, 4.69) is 0 Å². The summed E-state index contributed by atoms with van der Waals surface area (Å²) in [4.78, 5) is 26.8. The molecule has 2 heterocycles. The number of carbonyl (C=O) groups excluding carboxylic acids is 1. The van der Waals surface area contributed by atoms with Gasteiger partial charge in [0.05, 0.1) is 11.5 Å². The van der Waals surface area contributed by atoms with E-state index in [1.807, 2.05) is 5.38 Å². The summed E-state index contributed by atoms with van der Waals surface area (Å²) in [5, 5.41) is 11.1. The lowest BCUT2D eigenvalue weighted by atomic mass is 9.94. The van der Waals surface area contributed by atoms with Gasteiger partial charge in [0.25, 0.3) is 5.91 Å². The van der Waals surface area contributed by atoms with Crippen molar-refractivity contribution in [3.63, 3.8) is 0 Å². The highest BCUT2D eigenvalue weighted by Crippen LogP contribution is 2.31. The largest absolute Gasteiger partial charge is 0.481 e. The Hall–Kier alpha value is -1.36. The van der Waals surface area contributed by atoms with Crippen LogP contribution in [0.5, 0.6) is 0 Å². The van der Waals surface area contributed by atoms with Crippen LogP contribution in [-0.4, -0.2) is 35.0 Å². The Balaban J connectivity index is 1.78. The molecule has 5 heteroatoms. The first-order chi connectivity index (χ1) is 9.66. The van der Waals surface area contributed by atoms with E-state index in [9.17, 15) is 9.59 Å². The standard InChI is InChI=1S/C15H19NO3S/c17-14(16-7-3-4-10(8-16)15(18)19)12-9-20-13-6-2-1-5-11(12)13/h9-10H,1-8H2,(H,18,19). The minimum absolute atomic E-state index is 0.0374. The van der Waals surface area contributed by atoms with Gasteiger partial charge in [-0.3, -0.25) is 9.59 Å². The molecule has 1 N–H and O–H groups in total. The van der Waals surface area contributed by atoms with E-state index < -0.39 is 11.9 Å². The van der Waals surface area contributed by atoms with E-state index in [1.165, 1.54) is 16.9 Å². The number of carbonyl (C=O) groups is 2. The van der Waals surface area contributed by atoms with E-state index in [0.717, 1.165) is 31.2 Å². The molecule has 0 saturated carbocycles. The average Bonchev–Trinajstić information content (AvgIpc) is 2.90. The highest BCUT2D eigenvalue weighted by atomic mass is 32.1. The molecule has 20 heavy (non-hydrogen) atoms. The van der Waals surface area contributed by atoms with Gasteiger partial charge in [-0.25, -0.2) is 0 Å². The molecule has 0 bridgehead atoms. The van der Waals surface area contributed by atoms with Crippen molar-refractivity contribution in [2.45, 2.75) is 38.5 Å². The van der Waals surface area contributed by atoms with Gasteiger partial charge < -0.3 is 10.0 Å². The van der Waals surface area contributed by atoms with Crippen LogP contribution in [0.15, 0.2) is 5.38 Å². The van der Waals surface area contributed by atoms with E-state index in [1.54, 1.807) is 16.2 Å². The van der Waals surface area contributed by atoms with Crippen LogP contribution in [0, 0.1) is 5.92 Å². The van der Waals surface area contributed by atoms with Crippen molar-refractivity contribution in [1.82, 2.24) is 4.90 Å². The van der Waals surface area contributed by atoms with Gasteiger partial charge in [-0.15, -0.1) is 11.3 Å². The summed E-state index contributed by atoms with van der Waals surface area (Å²) in [6.07, 6.45) is 5.92. The number of piperidine rings is 1. The number of aryl methyl sites for hydroxylation is 1. The summed E-state index contributed by atoms with van der Waals surface area (Å²) in [5.74, 6) is -1.15. The molecule has 1 aromatic heterocycles. The van der Waals surface area contributed by atoms with Gasteiger partial charge in [-0.2, -0.15) is 0 Å². The quantitative estimate of drug-likeness (QED) is 0.911. The summed E-state index contributed by atoms with van der Waals surface area (Å²) in [7, 11) is 0. The SMILES string of the molecule is O=C(O)C1CCCN(C(=O)c2csc3c2CCCC3)C1. The molecule has 0 radical (unpaired) electrons. The van der Waals surface area contributed by atoms with Gasteiger partial charge in [0.1, 0.15) is 0 Å². The number of aliphatic carboxylic acids is 1. The van der Waals surface area contributed by atoms with E-state index >= 15 is 0 Å². The molecule has 1 aliphatic heterocycles. The van der Waals surface area contributed by atoms with Crippen molar-refractivity contribution in [2.24, 2.45) is 5.92 Å². The second kappa shape index (κ2) is 5.56. The maximum Gasteiger partial charge on any atom is 0.308 e. The predicted molar refractivity (Wildman–Crippen MR) is 77.2 cm³/mol. The third-order valence-electron chi connectivity index (χ3n) is 4.35. The molecular weight excluding hydrogens is 274 g/mol. The highest BCUT2D eigenvalue weighted by Gasteiger charge is 2.30. The van der Waals surface area contributed by atoms with Gasteiger partial charge in [-0.05, 0) is 44.1 Å². The molecule has 1 amide bonds. The van der Waals surface area contributed by atoms with Crippen LogP contribution in [0.1, 0.15) is 46.5 Å². The van der Waals surface area contributed by atoms with Crippen LogP contribution in [0.4, 0.5) is 0 Å². The minimum atomic E-state index is -0.783. The number of fused-ring (bicyclic) bond motifs is 1. The van der Waals surface area contributed by atoms with Crippen molar-refractivity contribution in [3.8, 4) is 0 Å². The molecule has 1 fully saturated rings. The van der Waals surface area contributed by atoms with Gasteiger partial charge in [0.15, 0.2) is 0 Å². The zero-order valence-electron chi connectivity index (χ0n) is 11.4. The molecular formula is C15H19NO3S. The smallest absolute Gasteiger partial charge is 0.308 e. The summed E-state index contributed by atoms with van der Waals surface area (Å²) in [5.41, 5.74) is 2.06. The lowest BCUT2D eigenvalue weighted by molar-refractivity contribution is -0.143. The molecule has 1 aromatic rings. The Morgan fingerprint density at radius 3 is 2.85 bits per heavy atom. The molecule has 0 aromatic carbocycles. The third kappa shape index (κ3) is 2.46. The van der Waals surface area contributed by atoms with Gasteiger partial charge >= 0.3 is 5.97 Å². The van der Waals surface area contributed by atoms with Crippen LogP contribution in [0.2, 0.25) is 0 Å². The number of nitrogens with zero attached hydrogens (tertiary/aromatic N) is 1. The number of likely N-dealkylation sites (tertiary alicyclic amines) is 1. The molecule has 0 spiro atoms. The van der Waals surface area contributed by atoms with Gasteiger partial charge in [0, 0.05) is 23.3 Å². The number of hydrogen-bond donors (Lipinski definition) is 1. The Kier molecular flexibility index (Phi) is 3.78. The van der Waals surface area contributed by atoms with Crippen LogP contribution in [0.3, 0.4) is 0 Å². The number of thiophene rings is 1. The summed E-state index contributed by atoms with van der Waals surface area (Å²) >= 11 is 1.69. The van der Waals surface area contributed by atoms with Crippen LogP contribution < -0.4 is 0 Å². The Morgan fingerprint density at radius 1 is 1.25 bits per heavy atom. The van der Waals surface area contributed by atoms with Crippen molar-refractivity contribution >= 4 is 23.2 Å². The van der Waals surface area contributed by atoms with Crippen molar-refractivity contribution < 1.29 is 14.7 Å². The lowest BCUT2D eigenvalue weighted by Crippen LogP contribution is -2.42. The maximum absolute atomic E-state index is 12.6. The van der Waals surface area contributed by atoms with Crippen LogP contribution >= 0.6 is 11.3 Å². The number of carboxylic acids is 1. The summed E-state index contributed by atoms with van der Waals surface area (Å²) in [6.45, 7) is 1.05. The predicted octanol–water partition coefficient (Wildman–Crippen LogP) is 2.56. The van der Waals surface area contributed by atoms with Gasteiger partial charge in [-0.1, -0.05) is 0 Å². The number of amides is 1. The highest BCUT2D eigenvalue weighted by molar-refractivity contribution is 7.10. The molecule has 1 atom stereocenters. The fourth-order valence-corrected chi connectivity index (χ4v) is 4.33. The molecule has 3 rings (SSSR count). The van der Waals surface area contributed by atoms with Crippen molar-refractivity contribution in [2.75, 3.05) is 13.1 Å². The van der Waals surface area contributed by atoms with E-state index in [4.69, 9.17) is 5.11 Å². The topological polar surface area (TPSA) is 57.6 Å². The van der Waals surface area contributed by atoms with Crippen LogP contribution in [-0.2, 0) is 17.6 Å². The average molecular weight is 293 g/mol. The second-order valence-electron chi connectivity index (χ2n) is 5.69. The Labute approximate surface area is 122 Å². The number of rotatable bonds is 2. The fourth-order valence-electron chi connectivity index (χ4n) is 3.21. The first kappa shape index (κ1) is 13.6. The Bertz CT molecular complexity index is 537. The Morgan fingerprint density at radius 2 is 2.05 bits per heavy atom. The molecule has 1 aliphatic carbocycles. The summed E-state index contributed by atoms with van der Waals surface area (Å²) < 4.78 is 0. The summed E-state index contributed by atoms with van der Waals surface area (Å²) in [6, 6.07) is 0. The fraction of sp³-hybridized carbons (Fsp3) is 0.600. The minimum Gasteiger partial charge on any atom is -0.481 e. The molecule has 2 aliphatic rings. The zero-order valence-corrected chi connectivity index (χ0v) is 12.2. The molecule has 1 unspecified atom stereocenters. The second-order valence-corrected chi connectivity index (χ2v) is 6.65. The normalized spacial score (nSPS) is 22.4. The number of carboxylic acid groups (broad SMARTS) is 1. The monoisotopic (exact) mass is 293 g/mol. The van der Waals surface area contributed by atoms with E-state index in [0.29, 0.717) is 19.5 Å². The van der Waals surface area contributed by atoms with Crippen LogP contribution in [0.25, 0.3) is 0 Å². The first-order valence-corrected chi connectivity index (χ1v) is 8.16. The number of hydrogen-bond acceptors (Lipinski definition) is 3. The molecule has 108 valence electrons. The van der Waals surface area contributed by atoms with Crippen molar-refractivity contribution in [1.29, 1.82) is 0 Å².